The van der Waals surface area contributed by atoms with Gasteiger partial charge in [-0.2, -0.15) is 10.9 Å². The van der Waals surface area contributed by atoms with Gasteiger partial charge in [-0.3, -0.25) is 4.79 Å². The normalized spacial score (nSPS) is 10.4. The fraction of sp³-hybridized carbons (Fsp3) is 0.0526. The number of allylic oxidation sites excluding steroid dienone is 1. The number of hydrogen-bond acceptors (Lipinski definition) is 3. The lowest BCUT2D eigenvalue weighted by Crippen LogP contribution is -2.40. The Morgan fingerprint density at radius 2 is 1.88 bits per heavy atom. The maximum Gasteiger partial charge on any atom is 0.358 e. The Balaban J connectivity index is 1.79. The van der Waals surface area contributed by atoms with Gasteiger partial charge in [-0.15, -0.1) is 0 Å². The topological polar surface area (TPSA) is 45.0 Å². The number of amides is 1. The number of nitrogens with one attached hydrogen (secondary N) is 2. The Labute approximate surface area is 169 Å². The first-order valence-corrected chi connectivity index (χ1v) is 9.83. The number of rotatable bonds is 6. The molecule has 0 bridgehead atoms. The van der Waals surface area contributed by atoms with Gasteiger partial charge in [0.2, 0.25) is 0 Å². The molecule has 0 aliphatic heterocycles. The molecule has 0 aliphatic rings. The third kappa shape index (κ3) is 4.33. The Morgan fingerprint density at radius 3 is 2.54 bits per heavy atom. The van der Waals surface area contributed by atoms with E-state index >= 15 is 0 Å². The van der Waals surface area contributed by atoms with Crippen molar-refractivity contribution in [2.45, 2.75) is 6.54 Å². The number of anilines is 1. The van der Waals surface area contributed by atoms with Crippen LogP contribution in [0, 0.1) is 0 Å². The summed E-state index contributed by atoms with van der Waals surface area (Å²) in [7, 11) is 0. The van der Waals surface area contributed by atoms with Crippen LogP contribution in [-0.2, 0) is 6.54 Å². The van der Waals surface area contributed by atoms with Crippen LogP contribution in [0.3, 0.4) is 0 Å². The highest BCUT2D eigenvalue weighted by Crippen LogP contribution is 2.24. The van der Waals surface area contributed by atoms with Gasteiger partial charge < -0.3 is 0 Å². The summed E-state index contributed by atoms with van der Waals surface area (Å²) >= 11 is 10.8. The summed E-state index contributed by atoms with van der Waals surface area (Å²) in [5, 5.41) is 3.53. The molecule has 4 nitrogen and oxygen atoms in total. The summed E-state index contributed by atoms with van der Waals surface area (Å²) in [6.45, 7) is 4.43. The minimum absolute atomic E-state index is 0.205. The Morgan fingerprint density at radius 1 is 1.19 bits per heavy atom. The summed E-state index contributed by atoms with van der Waals surface area (Å²) in [5.74, 6) is -0.205. The van der Waals surface area contributed by atoms with Crippen LogP contribution in [-0.4, -0.2) is 5.91 Å². The Kier molecular flexibility index (Phi) is 6.08. The summed E-state index contributed by atoms with van der Waals surface area (Å²) in [6.07, 6.45) is 1.81. The largest absolute Gasteiger partial charge is 0.358 e. The zero-order chi connectivity index (χ0) is 18.5. The molecule has 3 rings (SSSR count). The first-order valence-electron chi connectivity index (χ1n) is 7.78. The van der Waals surface area contributed by atoms with Gasteiger partial charge in [0.05, 0.1) is 0 Å². The summed E-state index contributed by atoms with van der Waals surface area (Å²) in [4.78, 5) is 12.3. The van der Waals surface area contributed by atoms with E-state index in [2.05, 4.69) is 33.4 Å². The van der Waals surface area contributed by atoms with Crippen molar-refractivity contribution in [3.8, 4) is 11.3 Å². The minimum atomic E-state index is -0.205. The average Bonchev–Trinajstić information content (AvgIpc) is 3.04. The van der Waals surface area contributed by atoms with Crippen molar-refractivity contribution in [2.24, 2.45) is 0 Å². The van der Waals surface area contributed by atoms with Crippen LogP contribution in [0.1, 0.15) is 10.4 Å². The fourth-order valence-electron chi connectivity index (χ4n) is 2.38. The predicted molar refractivity (Wildman–Crippen MR) is 110 cm³/mol. The Hall–Kier alpha value is -2.15. The molecular formula is C19H16BrClN3OS+. The van der Waals surface area contributed by atoms with E-state index in [0.29, 0.717) is 17.1 Å². The molecule has 2 N–H and O–H groups in total. The van der Waals surface area contributed by atoms with Crippen molar-refractivity contribution in [3.05, 3.63) is 81.6 Å². The highest BCUT2D eigenvalue weighted by Gasteiger charge is 2.19. The van der Waals surface area contributed by atoms with E-state index in [4.69, 9.17) is 11.6 Å². The molecule has 0 atom stereocenters. The molecule has 7 heteroatoms. The maximum atomic E-state index is 12.3. The van der Waals surface area contributed by atoms with Crippen molar-refractivity contribution in [1.82, 2.24) is 5.43 Å². The third-order valence-corrected chi connectivity index (χ3v) is 5.33. The molecule has 0 saturated heterocycles. The van der Waals surface area contributed by atoms with Crippen molar-refractivity contribution in [3.63, 3.8) is 0 Å². The number of carbonyl (C=O) groups is 1. The van der Waals surface area contributed by atoms with Crippen molar-refractivity contribution < 1.29 is 9.36 Å². The number of halogens is 2. The smallest absolute Gasteiger partial charge is 0.266 e. The molecule has 0 saturated carbocycles. The standard InChI is InChI=1S/C19H15BrClN3OS/c1-2-11-24-17(13-5-9-16(21)10-6-13)12-26-19(24)23-22-18(25)14-3-7-15(20)8-4-14/h2-10,12H,1,11H2,(H,22,25)/p+1. The van der Waals surface area contributed by atoms with E-state index < -0.39 is 0 Å². The number of aromatic nitrogens is 1. The van der Waals surface area contributed by atoms with Crippen LogP contribution in [0.2, 0.25) is 5.02 Å². The average molecular weight is 450 g/mol. The van der Waals surface area contributed by atoms with Crippen LogP contribution in [0.15, 0.2) is 71.0 Å². The second-order valence-corrected chi connectivity index (χ2v) is 7.63. The van der Waals surface area contributed by atoms with E-state index in [1.807, 2.05) is 52.4 Å². The van der Waals surface area contributed by atoms with Gasteiger partial charge >= 0.3 is 5.13 Å². The second kappa shape index (κ2) is 8.49. The van der Waals surface area contributed by atoms with Crippen LogP contribution in [0.4, 0.5) is 5.13 Å². The van der Waals surface area contributed by atoms with Gasteiger partial charge in [-0.25, -0.2) is 4.57 Å². The SMILES string of the molecule is C=CC[n+]1c(-c2ccc(Cl)cc2)csc1NNC(=O)c1ccc(Br)cc1. The molecule has 1 amide bonds. The molecule has 26 heavy (non-hydrogen) atoms. The van der Waals surface area contributed by atoms with E-state index in [0.717, 1.165) is 20.9 Å². The zero-order valence-corrected chi connectivity index (χ0v) is 16.9. The van der Waals surface area contributed by atoms with Crippen molar-refractivity contribution >= 4 is 49.9 Å². The van der Waals surface area contributed by atoms with Gasteiger partial charge in [0.15, 0.2) is 0 Å². The molecule has 1 aromatic heterocycles. The molecule has 3 aromatic rings. The monoisotopic (exact) mass is 448 g/mol. The lowest BCUT2D eigenvalue weighted by Gasteiger charge is -2.05. The molecule has 0 unspecified atom stereocenters. The van der Waals surface area contributed by atoms with E-state index in [9.17, 15) is 4.79 Å². The molecule has 0 fully saturated rings. The van der Waals surface area contributed by atoms with Gasteiger partial charge in [0.1, 0.15) is 12.2 Å². The highest BCUT2D eigenvalue weighted by atomic mass is 79.9. The summed E-state index contributed by atoms with van der Waals surface area (Å²) < 4.78 is 2.97. The third-order valence-electron chi connectivity index (χ3n) is 3.66. The van der Waals surface area contributed by atoms with E-state index in [-0.39, 0.29) is 5.91 Å². The molecular weight excluding hydrogens is 434 g/mol. The highest BCUT2D eigenvalue weighted by molar-refractivity contribution is 9.10. The summed E-state index contributed by atoms with van der Waals surface area (Å²) in [5.41, 5.74) is 8.38. The first-order chi connectivity index (χ1) is 12.6. The second-order valence-electron chi connectivity index (χ2n) is 5.42. The number of thiazole rings is 1. The number of carbonyl (C=O) groups excluding carboxylic acids is 1. The van der Waals surface area contributed by atoms with Gasteiger partial charge in [-0.05, 0) is 48.5 Å². The maximum absolute atomic E-state index is 12.3. The fourth-order valence-corrected chi connectivity index (χ4v) is 3.67. The zero-order valence-electron chi connectivity index (χ0n) is 13.7. The Bertz CT molecular complexity index is 923. The summed E-state index contributed by atoms with van der Waals surface area (Å²) in [6, 6.07) is 14.8. The molecule has 0 aliphatic carbocycles. The predicted octanol–water partition coefficient (Wildman–Crippen LogP) is 5.06. The quantitative estimate of drug-likeness (QED) is 0.314. The number of hydrazine groups is 1. The molecule has 2 aromatic carbocycles. The van der Waals surface area contributed by atoms with Gasteiger partial charge in [0.25, 0.3) is 5.91 Å². The van der Waals surface area contributed by atoms with Crippen LogP contribution in [0.25, 0.3) is 11.3 Å². The van der Waals surface area contributed by atoms with Crippen LogP contribution < -0.4 is 15.4 Å². The van der Waals surface area contributed by atoms with Crippen molar-refractivity contribution in [2.75, 3.05) is 5.43 Å². The van der Waals surface area contributed by atoms with E-state index in [1.54, 1.807) is 12.1 Å². The van der Waals surface area contributed by atoms with Gasteiger partial charge in [0, 0.05) is 26.0 Å². The molecule has 1 heterocycles. The van der Waals surface area contributed by atoms with Gasteiger partial charge in [-0.1, -0.05) is 51.5 Å². The lowest BCUT2D eigenvalue weighted by molar-refractivity contribution is -0.658. The molecule has 0 radical (unpaired) electrons. The number of nitrogens with zero attached hydrogens (tertiary/aromatic N) is 1. The first kappa shape index (κ1) is 18.6. The van der Waals surface area contributed by atoms with Crippen LogP contribution >= 0.6 is 38.9 Å². The van der Waals surface area contributed by atoms with Crippen LogP contribution in [0.5, 0.6) is 0 Å². The van der Waals surface area contributed by atoms with Crippen molar-refractivity contribution in [1.29, 1.82) is 0 Å². The van der Waals surface area contributed by atoms with E-state index in [1.165, 1.54) is 11.3 Å². The number of hydrogen-bond donors (Lipinski definition) is 2. The molecule has 132 valence electrons. The minimum Gasteiger partial charge on any atom is -0.266 e. The molecule has 0 spiro atoms. The number of benzene rings is 2. The lowest BCUT2D eigenvalue weighted by atomic mass is 10.2.